The van der Waals surface area contributed by atoms with E-state index in [1.165, 1.54) is 6.42 Å². The second-order valence-corrected chi connectivity index (χ2v) is 7.88. The van der Waals surface area contributed by atoms with E-state index >= 15 is 0 Å². The second-order valence-electron chi connectivity index (χ2n) is 7.88. The van der Waals surface area contributed by atoms with Gasteiger partial charge in [-0.15, -0.1) is 0 Å². The van der Waals surface area contributed by atoms with E-state index in [0.29, 0.717) is 17.8 Å². The Balaban J connectivity index is 1.66. The molecule has 0 spiro atoms. The van der Waals surface area contributed by atoms with Crippen molar-refractivity contribution < 1.29 is 14.4 Å². The van der Waals surface area contributed by atoms with Gasteiger partial charge in [0, 0.05) is 25.0 Å². The standard InChI is InChI=1S/C21H29N3O3/c1-14(2)24-13-15(12-19(24)25)20(26)23-18-11-7-6-10-17(18)21(27)22-16-8-4-3-5-9-16/h6-7,10-11,14-16H,3-5,8-9,12-13H2,1-2H3,(H,22,27)(H,23,26)/t15-/m0/s1. The molecule has 0 bridgehead atoms. The predicted octanol–water partition coefficient (Wildman–Crippen LogP) is 2.94. The minimum Gasteiger partial charge on any atom is -0.349 e. The maximum absolute atomic E-state index is 12.7. The SMILES string of the molecule is CC(C)N1C[C@@H](C(=O)Nc2ccccc2C(=O)NC2CCCCC2)CC1=O. The summed E-state index contributed by atoms with van der Waals surface area (Å²) >= 11 is 0. The molecular weight excluding hydrogens is 342 g/mol. The Morgan fingerprint density at radius 2 is 1.81 bits per heavy atom. The van der Waals surface area contributed by atoms with Crippen LogP contribution >= 0.6 is 0 Å². The molecule has 0 aromatic heterocycles. The molecule has 1 aliphatic carbocycles. The second kappa shape index (κ2) is 8.55. The third-order valence-corrected chi connectivity index (χ3v) is 5.52. The summed E-state index contributed by atoms with van der Waals surface area (Å²) in [5.41, 5.74) is 0.979. The average molecular weight is 371 g/mol. The monoisotopic (exact) mass is 371 g/mol. The van der Waals surface area contributed by atoms with Gasteiger partial charge in [0.05, 0.1) is 17.2 Å². The lowest BCUT2D eigenvalue weighted by Gasteiger charge is -2.23. The number of hydrogen-bond donors (Lipinski definition) is 2. The van der Waals surface area contributed by atoms with Gasteiger partial charge in [-0.1, -0.05) is 31.4 Å². The van der Waals surface area contributed by atoms with Gasteiger partial charge in [0.15, 0.2) is 0 Å². The van der Waals surface area contributed by atoms with Crippen LogP contribution in [0.1, 0.15) is 62.7 Å². The molecule has 1 heterocycles. The van der Waals surface area contributed by atoms with Crippen LogP contribution in [-0.2, 0) is 9.59 Å². The van der Waals surface area contributed by atoms with Gasteiger partial charge in [0.25, 0.3) is 5.91 Å². The Morgan fingerprint density at radius 3 is 2.48 bits per heavy atom. The van der Waals surface area contributed by atoms with Crippen molar-refractivity contribution in [1.82, 2.24) is 10.2 Å². The Kier molecular flexibility index (Phi) is 6.14. The molecule has 2 aliphatic rings. The quantitative estimate of drug-likeness (QED) is 0.835. The lowest BCUT2D eigenvalue weighted by atomic mass is 9.95. The summed E-state index contributed by atoms with van der Waals surface area (Å²) in [4.78, 5) is 39.2. The smallest absolute Gasteiger partial charge is 0.253 e. The molecule has 0 radical (unpaired) electrons. The molecule has 0 unspecified atom stereocenters. The first kappa shape index (κ1) is 19.4. The van der Waals surface area contributed by atoms with Crippen molar-refractivity contribution in [2.24, 2.45) is 5.92 Å². The van der Waals surface area contributed by atoms with Gasteiger partial charge < -0.3 is 15.5 Å². The van der Waals surface area contributed by atoms with E-state index in [4.69, 9.17) is 0 Å². The van der Waals surface area contributed by atoms with Gasteiger partial charge >= 0.3 is 0 Å². The zero-order valence-corrected chi connectivity index (χ0v) is 16.2. The van der Waals surface area contributed by atoms with Crippen LogP contribution in [0.15, 0.2) is 24.3 Å². The summed E-state index contributed by atoms with van der Waals surface area (Å²) in [6.07, 6.45) is 5.76. The number of para-hydroxylation sites is 1. The van der Waals surface area contributed by atoms with Gasteiger partial charge in [-0.3, -0.25) is 14.4 Å². The summed E-state index contributed by atoms with van der Waals surface area (Å²) in [7, 11) is 0. The van der Waals surface area contributed by atoms with Crippen LogP contribution in [0.5, 0.6) is 0 Å². The van der Waals surface area contributed by atoms with Gasteiger partial charge in [-0.25, -0.2) is 0 Å². The van der Waals surface area contributed by atoms with Crippen molar-refractivity contribution in [3.63, 3.8) is 0 Å². The molecule has 27 heavy (non-hydrogen) atoms. The minimum atomic E-state index is -0.380. The summed E-state index contributed by atoms with van der Waals surface area (Å²) in [5, 5.41) is 5.97. The molecule has 146 valence electrons. The third-order valence-electron chi connectivity index (χ3n) is 5.52. The van der Waals surface area contributed by atoms with Crippen molar-refractivity contribution in [2.45, 2.75) is 64.5 Å². The Hall–Kier alpha value is -2.37. The van der Waals surface area contributed by atoms with Crippen LogP contribution in [-0.4, -0.2) is 41.2 Å². The van der Waals surface area contributed by atoms with E-state index in [9.17, 15) is 14.4 Å². The maximum Gasteiger partial charge on any atom is 0.253 e. The van der Waals surface area contributed by atoms with Crippen LogP contribution in [0, 0.1) is 5.92 Å². The number of hydrogen-bond acceptors (Lipinski definition) is 3. The Labute approximate surface area is 160 Å². The molecule has 6 heteroatoms. The zero-order chi connectivity index (χ0) is 19.4. The largest absolute Gasteiger partial charge is 0.349 e. The summed E-state index contributed by atoms with van der Waals surface area (Å²) < 4.78 is 0. The normalized spacial score (nSPS) is 20.8. The van der Waals surface area contributed by atoms with E-state index in [0.717, 1.165) is 25.7 Å². The fraction of sp³-hybridized carbons (Fsp3) is 0.571. The van der Waals surface area contributed by atoms with Crippen LogP contribution in [0.3, 0.4) is 0 Å². The highest BCUT2D eigenvalue weighted by Crippen LogP contribution is 2.24. The van der Waals surface area contributed by atoms with Gasteiger partial charge in [0.2, 0.25) is 11.8 Å². The minimum absolute atomic E-state index is 0.00785. The lowest BCUT2D eigenvalue weighted by molar-refractivity contribution is -0.129. The Bertz CT molecular complexity index is 710. The van der Waals surface area contributed by atoms with Crippen molar-refractivity contribution in [3.05, 3.63) is 29.8 Å². The van der Waals surface area contributed by atoms with E-state index in [-0.39, 0.29) is 42.1 Å². The highest BCUT2D eigenvalue weighted by molar-refractivity contribution is 6.05. The predicted molar refractivity (Wildman–Crippen MR) is 104 cm³/mol. The first-order valence-corrected chi connectivity index (χ1v) is 9.96. The van der Waals surface area contributed by atoms with Crippen molar-refractivity contribution in [3.8, 4) is 0 Å². The molecule has 6 nitrogen and oxygen atoms in total. The topological polar surface area (TPSA) is 78.5 Å². The summed E-state index contributed by atoms with van der Waals surface area (Å²) in [6.45, 7) is 4.32. The summed E-state index contributed by atoms with van der Waals surface area (Å²) in [6, 6.07) is 7.36. The van der Waals surface area contributed by atoms with Crippen LogP contribution in [0.4, 0.5) is 5.69 Å². The van der Waals surface area contributed by atoms with Gasteiger partial charge in [-0.2, -0.15) is 0 Å². The number of carbonyl (C=O) groups excluding carboxylic acids is 3. The first-order valence-electron chi connectivity index (χ1n) is 9.96. The number of rotatable bonds is 5. The summed E-state index contributed by atoms with van der Waals surface area (Å²) in [5.74, 6) is -0.726. The van der Waals surface area contributed by atoms with Gasteiger partial charge in [-0.05, 0) is 38.8 Å². The van der Waals surface area contributed by atoms with E-state index < -0.39 is 0 Å². The number of amides is 3. The molecule has 1 saturated heterocycles. The number of benzene rings is 1. The highest BCUT2D eigenvalue weighted by atomic mass is 16.2. The molecule has 1 aromatic rings. The number of anilines is 1. The molecule has 1 atom stereocenters. The molecule has 2 N–H and O–H groups in total. The molecular formula is C21H29N3O3. The molecule has 1 aliphatic heterocycles. The van der Waals surface area contributed by atoms with Crippen molar-refractivity contribution in [2.75, 3.05) is 11.9 Å². The number of nitrogens with one attached hydrogen (secondary N) is 2. The van der Waals surface area contributed by atoms with Gasteiger partial charge in [0.1, 0.15) is 0 Å². The van der Waals surface area contributed by atoms with Crippen molar-refractivity contribution in [1.29, 1.82) is 0 Å². The number of carbonyl (C=O) groups is 3. The highest BCUT2D eigenvalue weighted by Gasteiger charge is 2.35. The zero-order valence-electron chi connectivity index (χ0n) is 16.2. The fourth-order valence-corrected chi connectivity index (χ4v) is 3.94. The first-order chi connectivity index (χ1) is 13.0. The van der Waals surface area contributed by atoms with E-state index in [1.54, 1.807) is 29.2 Å². The van der Waals surface area contributed by atoms with E-state index in [1.807, 2.05) is 13.8 Å². The van der Waals surface area contributed by atoms with E-state index in [2.05, 4.69) is 10.6 Å². The average Bonchev–Trinajstić information content (AvgIpc) is 3.05. The van der Waals surface area contributed by atoms with Crippen LogP contribution in [0.25, 0.3) is 0 Å². The lowest BCUT2D eigenvalue weighted by Crippen LogP contribution is -2.37. The molecule has 2 fully saturated rings. The van der Waals surface area contributed by atoms with Crippen LogP contribution < -0.4 is 10.6 Å². The molecule has 1 saturated carbocycles. The maximum atomic E-state index is 12.7. The Morgan fingerprint density at radius 1 is 1.11 bits per heavy atom. The van der Waals surface area contributed by atoms with Crippen molar-refractivity contribution >= 4 is 23.4 Å². The fourth-order valence-electron chi connectivity index (χ4n) is 3.94. The third kappa shape index (κ3) is 4.67. The molecule has 3 amide bonds. The molecule has 1 aromatic carbocycles. The molecule has 3 rings (SSSR count). The number of nitrogens with zero attached hydrogens (tertiary/aromatic N) is 1. The van der Waals surface area contributed by atoms with Crippen LogP contribution in [0.2, 0.25) is 0 Å². The number of likely N-dealkylation sites (tertiary alicyclic amines) is 1.